The number of aliphatic hydroxyl groups is 1. The predicted octanol–water partition coefficient (Wildman–Crippen LogP) is 3.04. The van der Waals surface area contributed by atoms with Crippen LogP contribution in [0.25, 0.3) is 0 Å². The summed E-state index contributed by atoms with van der Waals surface area (Å²) in [5.74, 6) is 0.302. The van der Waals surface area contributed by atoms with Gasteiger partial charge in [-0.3, -0.25) is 4.99 Å². The third-order valence-electron chi connectivity index (χ3n) is 4.19. The van der Waals surface area contributed by atoms with Gasteiger partial charge in [0.15, 0.2) is 15.8 Å². The van der Waals surface area contributed by atoms with E-state index in [0.717, 1.165) is 6.42 Å². The molecule has 0 saturated carbocycles. The van der Waals surface area contributed by atoms with E-state index >= 15 is 0 Å². The normalized spacial score (nSPS) is 14.2. The SMILES string of the molecule is CCCCCC(C)(C)CN=C(NCC)NCC(O)CS(=O)(=O)c1cccs1. The van der Waals surface area contributed by atoms with Crippen LogP contribution in [-0.4, -0.2) is 51.0 Å². The third kappa shape index (κ3) is 9.58. The van der Waals surface area contributed by atoms with Crippen molar-refractivity contribution in [3.63, 3.8) is 0 Å². The van der Waals surface area contributed by atoms with Gasteiger partial charge in [0.1, 0.15) is 4.21 Å². The van der Waals surface area contributed by atoms with Crippen molar-refractivity contribution >= 4 is 27.1 Å². The number of aliphatic imine (C=N–C) groups is 1. The van der Waals surface area contributed by atoms with Crippen LogP contribution in [0.4, 0.5) is 0 Å². The molecule has 0 aliphatic carbocycles. The number of guanidine groups is 1. The van der Waals surface area contributed by atoms with Gasteiger partial charge in [-0.05, 0) is 30.2 Å². The number of thiophene rings is 1. The van der Waals surface area contributed by atoms with Crippen molar-refractivity contribution in [3.05, 3.63) is 17.5 Å². The molecular formula is C19H35N3O3S2. The van der Waals surface area contributed by atoms with Crippen LogP contribution in [0.15, 0.2) is 26.7 Å². The molecule has 0 bridgehead atoms. The van der Waals surface area contributed by atoms with Crippen LogP contribution in [0, 0.1) is 5.41 Å². The highest BCUT2D eigenvalue weighted by Crippen LogP contribution is 2.24. The number of aliphatic hydroxyl groups excluding tert-OH is 1. The fourth-order valence-corrected chi connectivity index (χ4v) is 5.10. The Kier molecular flexibility index (Phi) is 10.3. The lowest BCUT2D eigenvalue weighted by atomic mass is 9.87. The fraction of sp³-hybridized carbons (Fsp3) is 0.737. The first-order valence-corrected chi connectivity index (χ1v) is 12.2. The molecule has 1 unspecified atom stereocenters. The lowest BCUT2D eigenvalue weighted by Crippen LogP contribution is -2.43. The number of sulfone groups is 1. The van der Waals surface area contributed by atoms with E-state index in [1.165, 1.54) is 30.6 Å². The Morgan fingerprint density at radius 3 is 2.63 bits per heavy atom. The van der Waals surface area contributed by atoms with E-state index in [4.69, 9.17) is 0 Å². The van der Waals surface area contributed by atoms with Gasteiger partial charge in [-0.25, -0.2) is 8.42 Å². The van der Waals surface area contributed by atoms with Crippen molar-refractivity contribution in [2.45, 2.75) is 63.7 Å². The summed E-state index contributed by atoms with van der Waals surface area (Å²) in [7, 11) is -3.46. The minimum atomic E-state index is -3.46. The maximum atomic E-state index is 12.2. The second-order valence-corrected chi connectivity index (χ2v) is 10.8. The summed E-state index contributed by atoms with van der Waals surface area (Å²) in [5.41, 5.74) is 0.110. The summed E-state index contributed by atoms with van der Waals surface area (Å²) in [5, 5.41) is 18.1. The summed E-state index contributed by atoms with van der Waals surface area (Å²) in [4.78, 5) is 4.62. The zero-order valence-corrected chi connectivity index (χ0v) is 18.6. The van der Waals surface area contributed by atoms with Gasteiger partial charge < -0.3 is 15.7 Å². The molecule has 0 fully saturated rings. The smallest absolute Gasteiger partial charge is 0.191 e. The second kappa shape index (κ2) is 11.7. The van der Waals surface area contributed by atoms with Gasteiger partial charge in [-0.15, -0.1) is 11.3 Å². The van der Waals surface area contributed by atoms with Crippen LogP contribution >= 0.6 is 11.3 Å². The highest BCUT2D eigenvalue weighted by molar-refractivity contribution is 7.93. The molecule has 0 spiro atoms. The van der Waals surface area contributed by atoms with Crippen LogP contribution in [0.2, 0.25) is 0 Å². The van der Waals surface area contributed by atoms with Crippen molar-refractivity contribution in [2.75, 3.05) is 25.4 Å². The number of hydrogen-bond donors (Lipinski definition) is 3. The van der Waals surface area contributed by atoms with Crippen LogP contribution < -0.4 is 10.6 Å². The molecule has 0 aliphatic heterocycles. The molecule has 1 aromatic rings. The Labute approximate surface area is 168 Å². The first kappa shape index (κ1) is 23.9. The molecule has 1 aromatic heterocycles. The molecule has 0 aliphatic rings. The van der Waals surface area contributed by atoms with Crippen LogP contribution in [0.5, 0.6) is 0 Å². The molecule has 6 nitrogen and oxygen atoms in total. The Hall–Kier alpha value is -1.12. The molecule has 0 amide bonds. The highest BCUT2D eigenvalue weighted by atomic mass is 32.2. The molecule has 0 aromatic carbocycles. The summed E-state index contributed by atoms with van der Waals surface area (Å²) < 4.78 is 24.8. The van der Waals surface area contributed by atoms with Crippen molar-refractivity contribution < 1.29 is 13.5 Å². The van der Waals surface area contributed by atoms with Crippen molar-refractivity contribution in [1.29, 1.82) is 0 Å². The van der Waals surface area contributed by atoms with Crippen LogP contribution in [0.3, 0.4) is 0 Å². The first-order valence-electron chi connectivity index (χ1n) is 9.66. The molecule has 156 valence electrons. The molecule has 27 heavy (non-hydrogen) atoms. The minimum Gasteiger partial charge on any atom is -0.390 e. The van der Waals surface area contributed by atoms with E-state index in [9.17, 15) is 13.5 Å². The number of rotatable bonds is 12. The molecule has 3 N–H and O–H groups in total. The largest absolute Gasteiger partial charge is 0.390 e. The second-order valence-electron chi connectivity index (χ2n) is 7.56. The lowest BCUT2D eigenvalue weighted by Gasteiger charge is -2.23. The minimum absolute atomic E-state index is 0.110. The Bertz CT molecular complexity index is 656. The van der Waals surface area contributed by atoms with Gasteiger partial charge in [0, 0.05) is 19.6 Å². The van der Waals surface area contributed by atoms with E-state index in [2.05, 4.69) is 36.4 Å². The Balaban J connectivity index is 2.56. The summed E-state index contributed by atoms with van der Waals surface area (Å²) in [6.45, 7) is 10.1. The summed E-state index contributed by atoms with van der Waals surface area (Å²) >= 11 is 1.17. The monoisotopic (exact) mass is 417 g/mol. The number of unbranched alkanes of at least 4 members (excludes halogenated alkanes) is 2. The van der Waals surface area contributed by atoms with E-state index in [1.54, 1.807) is 17.5 Å². The van der Waals surface area contributed by atoms with E-state index < -0.39 is 15.9 Å². The quantitative estimate of drug-likeness (QED) is 0.276. The highest BCUT2D eigenvalue weighted by Gasteiger charge is 2.21. The first-order chi connectivity index (χ1) is 12.7. The molecular weight excluding hydrogens is 382 g/mol. The summed E-state index contributed by atoms with van der Waals surface area (Å²) in [6.07, 6.45) is 3.75. The summed E-state index contributed by atoms with van der Waals surface area (Å²) in [6, 6.07) is 3.26. The van der Waals surface area contributed by atoms with Crippen molar-refractivity contribution in [3.8, 4) is 0 Å². The van der Waals surface area contributed by atoms with Gasteiger partial charge in [-0.2, -0.15) is 0 Å². The Morgan fingerprint density at radius 2 is 2.04 bits per heavy atom. The average molecular weight is 418 g/mol. The molecule has 1 atom stereocenters. The number of nitrogens with zero attached hydrogens (tertiary/aromatic N) is 1. The molecule has 0 radical (unpaired) electrons. The standard InChI is InChI=1S/C19H35N3O3S2/c1-5-7-8-11-19(3,4)15-22-18(20-6-2)21-13-16(23)14-27(24,25)17-10-9-12-26-17/h9-10,12,16,23H,5-8,11,13-15H2,1-4H3,(H2,20,21,22). The van der Waals surface area contributed by atoms with Crippen LogP contribution in [-0.2, 0) is 9.84 Å². The molecule has 8 heteroatoms. The third-order valence-corrected chi connectivity index (χ3v) is 7.47. The van der Waals surface area contributed by atoms with Gasteiger partial charge in [-0.1, -0.05) is 46.1 Å². The van der Waals surface area contributed by atoms with Crippen molar-refractivity contribution in [2.24, 2.45) is 10.4 Å². The maximum Gasteiger partial charge on any atom is 0.191 e. The van der Waals surface area contributed by atoms with Gasteiger partial charge in [0.2, 0.25) is 0 Å². The average Bonchev–Trinajstić information content (AvgIpc) is 3.13. The lowest BCUT2D eigenvalue weighted by molar-refractivity contribution is 0.200. The Morgan fingerprint density at radius 1 is 1.30 bits per heavy atom. The van der Waals surface area contributed by atoms with E-state index in [0.29, 0.717) is 19.0 Å². The van der Waals surface area contributed by atoms with Gasteiger partial charge in [0.25, 0.3) is 0 Å². The zero-order chi connectivity index (χ0) is 20.3. The van der Waals surface area contributed by atoms with Gasteiger partial charge in [0.05, 0.1) is 11.9 Å². The number of hydrogen-bond acceptors (Lipinski definition) is 5. The predicted molar refractivity (Wildman–Crippen MR) is 114 cm³/mol. The van der Waals surface area contributed by atoms with E-state index in [1.807, 2.05) is 6.92 Å². The molecule has 1 heterocycles. The van der Waals surface area contributed by atoms with Gasteiger partial charge >= 0.3 is 0 Å². The maximum absolute atomic E-state index is 12.2. The topological polar surface area (TPSA) is 90.8 Å². The zero-order valence-electron chi connectivity index (χ0n) is 17.0. The molecule has 0 saturated heterocycles. The van der Waals surface area contributed by atoms with Crippen molar-refractivity contribution in [1.82, 2.24) is 10.6 Å². The van der Waals surface area contributed by atoms with E-state index in [-0.39, 0.29) is 21.9 Å². The molecule has 1 rings (SSSR count). The number of nitrogens with one attached hydrogen (secondary N) is 2. The fourth-order valence-electron chi connectivity index (χ4n) is 2.62. The van der Waals surface area contributed by atoms with Crippen LogP contribution in [0.1, 0.15) is 53.4 Å².